The van der Waals surface area contributed by atoms with E-state index < -0.39 is 0 Å². The molecule has 0 atom stereocenters. The third-order valence-electron chi connectivity index (χ3n) is 5.17. The van der Waals surface area contributed by atoms with Gasteiger partial charge in [0.1, 0.15) is 12.0 Å². The average molecular weight is 330 g/mol. The monoisotopic (exact) mass is 330 g/mol. The predicted octanol–water partition coefficient (Wildman–Crippen LogP) is 2.15. The lowest BCUT2D eigenvalue weighted by atomic mass is 9.92. The van der Waals surface area contributed by atoms with Crippen molar-refractivity contribution in [1.29, 1.82) is 0 Å². The number of piperidine rings is 2. The molecule has 0 unspecified atom stereocenters. The van der Waals surface area contributed by atoms with E-state index in [1.807, 2.05) is 11.0 Å². The van der Waals surface area contributed by atoms with Crippen LogP contribution in [-0.2, 0) is 0 Å². The van der Waals surface area contributed by atoms with E-state index in [0.29, 0.717) is 17.5 Å². The first-order valence-corrected chi connectivity index (χ1v) is 8.66. The lowest BCUT2D eigenvalue weighted by molar-refractivity contribution is 0.0702. The fourth-order valence-corrected chi connectivity index (χ4v) is 3.75. The van der Waals surface area contributed by atoms with E-state index in [9.17, 15) is 4.79 Å². The Morgan fingerprint density at radius 1 is 1.17 bits per heavy atom. The average Bonchev–Trinajstić information content (AvgIpc) is 3.34. The maximum atomic E-state index is 12.9. The van der Waals surface area contributed by atoms with E-state index >= 15 is 0 Å². The van der Waals surface area contributed by atoms with Crippen molar-refractivity contribution in [2.75, 3.05) is 26.2 Å². The third kappa shape index (κ3) is 2.96. The van der Waals surface area contributed by atoms with E-state index in [-0.39, 0.29) is 5.91 Å². The zero-order valence-electron chi connectivity index (χ0n) is 13.6. The van der Waals surface area contributed by atoms with Crippen LogP contribution in [0.1, 0.15) is 59.5 Å². The Hall–Kier alpha value is -2.15. The number of rotatable bonds is 3. The highest BCUT2D eigenvalue weighted by molar-refractivity contribution is 5.93. The smallest absolute Gasteiger partial charge is 0.276 e. The van der Waals surface area contributed by atoms with Crippen LogP contribution < -0.4 is 5.32 Å². The van der Waals surface area contributed by atoms with Crippen LogP contribution in [0.25, 0.3) is 0 Å². The number of carbonyl (C=O) groups is 1. The molecule has 0 aromatic carbocycles. The molecule has 0 spiro atoms. The quantitative estimate of drug-likeness (QED) is 0.928. The fraction of sp³-hybridized carbons (Fsp3) is 0.588. The van der Waals surface area contributed by atoms with Gasteiger partial charge in [0.15, 0.2) is 12.1 Å². The molecule has 0 aliphatic carbocycles. The van der Waals surface area contributed by atoms with Crippen molar-refractivity contribution in [3.63, 3.8) is 0 Å². The highest BCUT2D eigenvalue weighted by Crippen LogP contribution is 2.31. The van der Waals surface area contributed by atoms with E-state index in [2.05, 4.69) is 15.5 Å². The number of nitrogens with one attached hydrogen (secondary N) is 1. The summed E-state index contributed by atoms with van der Waals surface area (Å²) in [5, 5.41) is 7.36. The van der Waals surface area contributed by atoms with Crippen molar-refractivity contribution >= 4 is 5.91 Å². The summed E-state index contributed by atoms with van der Waals surface area (Å²) in [7, 11) is 0. The molecule has 2 aromatic heterocycles. The maximum absolute atomic E-state index is 12.9. The first kappa shape index (κ1) is 15.4. The molecule has 2 aliphatic heterocycles. The number of aromatic nitrogens is 2. The van der Waals surface area contributed by atoms with Crippen molar-refractivity contribution in [3.8, 4) is 0 Å². The zero-order chi connectivity index (χ0) is 16.4. The van der Waals surface area contributed by atoms with Gasteiger partial charge in [0.2, 0.25) is 0 Å². The summed E-state index contributed by atoms with van der Waals surface area (Å²) in [6, 6.07) is 1.91. The zero-order valence-corrected chi connectivity index (χ0v) is 13.6. The number of nitrogens with zero attached hydrogens (tertiary/aromatic N) is 3. The normalized spacial score (nSPS) is 20.4. The number of amides is 1. The van der Waals surface area contributed by atoms with Gasteiger partial charge in [-0.2, -0.15) is 0 Å². The van der Waals surface area contributed by atoms with Crippen LogP contribution in [0.15, 0.2) is 27.7 Å². The van der Waals surface area contributed by atoms with Gasteiger partial charge in [-0.05, 0) is 38.8 Å². The van der Waals surface area contributed by atoms with E-state index in [4.69, 9.17) is 8.94 Å². The van der Waals surface area contributed by atoms with Gasteiger partial charge >= 0.3 is 0 Å². The summed E-state index contributed by atoms with van der Waals surface area (Å²) in [6.45, 7) is 3.36. The molecule has 7 heteroatoms. The van der Waals surface area contributed by atoms with Crippen LogP contribution in [-0.4, -0.2) is 47.1 Å². The van der Waals surface area contributed by atoms with Crippen LogP contribution in [0.5, 0.6) is 0 Å². The van der Waals surface area contributed by atoms with Crippen LogP contribution >= 0.6 is 0 Å². The van der Waals surface area contributed by atoms with Crippen molar-refractivity contribution < 1.29 is 13.7 Å². The van der Waals surface area contributed by atoms with Gasteiger partial charge in [-0.1, -0.05) is 5.16 Å². The standard InChI is InChI=1S/C17H22N4O3/c22-17(15-16(23-11-19-15)13-1-6-18-7-2-13)21-8-3-12(4-9-21)14-5-10-24-20-14/h5,10-13,18H,1-4,6-9H2. The largest absolute Gasteiger partial charge is 0.447 e. The van der Waals surface area contributed by atoms with Crippen LogP contribution in [0.3, 0.4) is 0 Å². The van der Waals surface area contributed by atoms with Crippen molar-refractivity contribution in [1.82, 2.24) is 20.4 Å². The molecule has 0 bridgehead atoms. The minimum atomic E-state index is -0.00381. The maximum Gasteiger partial charge on any atom is 0.276 e. The molecule has 1 N–H and O–H groups in total. The Balaban J connectivity index is 1.43. The number of oxazole rings is 1. The molecule has 0 radical (unpaired) electrons. The minimum absolute atomic E-state index is 0.00381. The van der Waals surface area contributed by atoms with E-state index in [0.717, 1.165) is 63.3 Å². The second-order valence-corrected chi connectivity index (χ2v) is 6.58. The topological polar surface area (TPSA) is 84.4 Å². The van der Waals surface area contributed by atoms with Gasteiger partial charge in [-0.25, -0.2) is 4.98 Å². The Morgan fingerprint density at radius 2 is 1.96 bits per heavy atom. The van der Waals surface area contributed by atoms with Gasteiger partial charge < -0.3 is 19.2 Å². The first-order chi connectivity index (χ1) is 11.8. The van der Waals surface area contributed by atoms with Crippen molar-refractivity contribution in [2.24, 2.45) is 0 Å². The number of likely N-dealkylation sites (tertiary alicyclic amines) is 1. The SMILES string of the molecule is O=C(c1ncoc1C1CCNCC1)N1CCC(c2ccon2)CC1. The lowest BCUT2D eigenvalue weighted by Gasteiger charge is -2.31. The van der Waals surface area contributed by atoms with Gasteiger partial charge in [-0.15, -0.1) is 0 Å². The minimum Gasteiger partial charge on any atom is -0.447 e. The highest BCUT2D eigenvalue weighted by Gasteiger charge is 2.31. The Morgan fingerprint density at radius 3 is 2.67 bits per heavy atom. The molecule has 2 aromatic rings. The molecule has 2 saturated heterocycles. The van der Waals surface area contributed by atoms with Gasteiger partial charge in [-0.3, -0.25) is 4.79 Å². The van der Waals surface area contributed by atoms with E-state index in [1.165, 1.54) is 6.39 Å². The summed E-state index contributed by atoms with van der Waals surface area (Å²) in [5.74, 6) is 1.42. The Labute approximate surface area is 140 Å². The summed E-state index contributed by atoms with van der Waals surface area (Å²) in [4.78, 5) is 19.0. The summed E-state index contributed by atoms with van der Waals surface area (Å²) in [6.07, 6.45) is 6.80. The molecule has 24 heavy (non-hydrogen) atoms. The highest BCUT2D eigenvalue weighted by atomic mass is 16.5. The second kappa shape index (κ2) is 6.76. The summed E-state index contributed by atoms with van der Waals surface area (Å²) >= 11 is 0. The van der Waals surface area contributed by atoms with Crippen LogP contribution in [0.2, 0.25) is 0 Å². The fourth-order valence-electron chi connectivity index (χ4n) is 3.75. The third-order valence-corrected chi connectivity index (χ3v) is 5.17. The second-order valence-electron chi connectivity index (χ2n) is 6.58. The molecule has 2 aliphatic rings. The lowest BCUT2D eigenvalue weighted by Crippen LogP contribution is -2.39. The number of hydrogen-bond acceptors (Lipinski definition) is 6. The van der Waals surface area contributed by atoms with Crippen LogP contribution in [0.4, 0.5) is 0 Å². The predicted molar refractivity (Wildman–Crippen MR) is 85.7 cm³/mol. The Kier molecular flexibility index (Phi) is 4.34. The van der Waals surface area contributed by atoms with Crippen molar-refractivity contribution in [3.05, 3.63) is 35.9 Å². The molecule has 4 rings (SSSR count). The molecule has 7 nitrogen and oxygen atoms in total. The molecule has 128 valence electrons. The number of hydrogen-bond donors (Lipinski definition) is 1. The number of carbonyl (C=O) groups excluding carboxylic acids is 1. The molecule has 1 amide bonds. The Bertz CT molecular complexity index is 668. The molecular formula is C17H22N4O3. The van der Waals surface area contributed by atoms with Crippen LogP contribution in [0, 0.1) is 0 Å². The van der Waals surface area contributed by atoms with E-state index in [1.54, 1.807) is 6.26 Å². The van der Waals surface area contributed by atoms with Gasteiger partial charge in [0.05, 0.1) is 5.69 Å². The summed E-state index contributed by atoms with van der Waals surface area (Å²) < 4.78 is 10.5. The van der Waals surface area contributed by atoms with Gasteiger partial charge in [0, 0.05) is 31.0 Å². The van der Waals surface area contributed by atoms with Crippen molar-refractivity contribution in [2.45, 2.75) is 37.5 Å². The molecule has 2 fully saturated rings. The van der Waals surface area contributed by atoms with Gasteiger partial charge in [0.25, 0.3) is 5.91 Å². The molecular weight excluding hydrogens is 308 g/mol. The summed E-state index contributed by atoms with van der Waals surface area (Å²) in [5.41, 5.74) is 1.49. The first-order valence-electron chi connectivity index (χ1n) is 8.66. The molecule has 0 saturated carbocycles. The molecule has 4 heterocycles.